The van der Waals surface area contributed by atoms with Gasteiger partial charge in [0.15, 0.2) is 5.78 Å². The van der Waals surface area contributed by atoms with E-state index < -0.39 is 0 Å². The molecule has 0 amide bonds. The van der Waals surface area contributed by atoms with Crippen molar-refractivity contribution >= 4 is 27.8 Å². The first kappa shape index (κ1) is 17.7. The van der Waals surface area contributed by atoms with Crippen LogP contribution in [0, 0.1) is 16.7 Å². The van der Waals surface area contributed by atoms with E-state index in [2.05, 4.69) is 61.6 Å². The number of nitriles is 1. The normalized spacial score (nSPS) is 19.9. The summed E-state index contributed by atoms with van der Waals surface area (Å²) in [6, 6.07) is 22.2. The molecule has 0 bridgehead atoms. The minimum atomic E-state index is -0.185. The molecule has 1 heterocycles. The Balaban J connectivity index is 1.77. The molecular weight excluding hydrogens is 356 g/mol. The third kappa shape index (κ3) is 2.84. The molecule has 1 aliphatic heterocycles. The largest absolute Gasteiger partial charge is 0.373 e. The molecule has 29 heavy (non-hydrogen) atoms. The van der Waals surface area contributed by atoms with E-state index in [9.17, 15) is 4.79 Å². The first-order chi connectivity index (χ1) is 14.0. The molecule has 1 N–H and O–H groups in total. The smallest absolute Gasteiger partial charge is 0.162 e. The van der Waals surface area contributed by atoms with Crippen LogP contribution in [-0.4, -0.2) is 5.78 Å². The van der Waals surface area contributed by atoms with Crippen molar-refractivity contribution in [3.05, 3.63) is 82.9 Å². The lowest BCUT2D eigenvalue weighted by Crippen LogP contribution is -2.33. The van der Waals surface area contributed by atoms with Gasteiger partial charge in [-0.1, -0.05) is 56.3 Å². The maximum absolute atomic E-state index is 13.3. The molecule has 142 valence electrons. The maximum Gasteiger partial charge on any atom is 0.162 e. The summed E-state index contributed by atoms with van der Waals surface area (Å²) in [6.07, 6.45) is 1.43. The Bertz CT molecular complexity index is 1230. The van der Waals surface area contributed by atoms with E-state index in [0.29, 0.717) is 12.0 Å². The van der Waals surface area contributed by atoms with Crippen LogP contribution in [0.15, 0.2) is 66.2 Å². The molecule has 0 aromatic heterocycles. The average molecular weight is 378 g/mol. The molecular formula is C26H22N2O. The van der Waals surface area contributed by atoms with Gasteiger partial charge in [0.05, 0.1) is 17.7 Å². The number of Topliss-reactive ketones (excluding diaryl/α,β-unsaturated/α-hetero) is 1. The summed E-state index contributed by atoms with van der Waals surface area (Å²) in [4.78, 5) is 13.3. The summed E-state index contributed by atoms with van der Waals surface area (Å²) in [5.41, 5.74) is 5.89. The minimum absolute atomic E-state index is 0.0588. The lowest BCUT2D eigenvalue weighted by atomic mass is 9.68. The molecule has 1 atom stereocenters. The van der Waals surface area contributed by atoms with E-state index in [1.807, 2.05) is 24.3 Å². The zero-order chi connectivity index (χ0) is 20.2. The molecule has 2 aliphatic rings. The van der Waals surface area contributed by atoms with Crippen molar-refractivity contribution in [3.63, 3.8) is 0 Å². The van der Waals surface area contributed by atoms with E-state index in [1.54, 1.807) is 0 Å². The van der Waals surface area contributed by atoms with Gasteiger partial charge in [-0.3, -0.25) is 4.79 Å². The van der Waals surface area contributed by atoms with Crippen LogP contribution in [-0.2, 0) is 4.79 Å². The highest BCUT2D eigenvalue weighted by atomic mass is 16.1. The van der Waals surface area contributed by atoms with E-state index in [-0.39, 0.29) is 17.2 Å². The molecule has 5 rings (SSSR count). The predicted octanol–water partition coefficient (Wildman–Crippen LogP) is 6.02. The van der Waals surface area contributed by atoms with E-state index in [4.69, 9.17) is 5.26 Å². The molecule has 0 saturated carbocycles. The number of benzene rings is 3. The van der Waals surface area contributed by atoms with Gasteiger partial charge >= 0.3 is 0 Å². The van der Waals surface area contributed by atoms with Crippen LogP contribution in [0.2, 0.25) is 0 Å². The number of rotatable bonds is 1. The topological polar surface area (TPSA) is 52.9 Å². The van der Waals surface area contributed by atoms with Crippen molar-refractivity contribution in [1.29, 1.82) is 5.26 Å². The molecule has 0 fully saturated rings. The molecule has 3 aromatic rings. The first-order valence-electron chi connectivity index (χ1n) is 10.0. The fourth-order valence-electron chi connectivity index (χ4n) is 4.84. The third-order valence-corrected chi connectivity index (χ3v) is 6.11. The second-order valence-electron chi connectivity index (χ2n) is 8.85. The summed E-state index contributed by atoms with van der Waals surface area (Å²) in [5, 5.41) is 15.1. The van der Waals surface area contributed by atoms with Crippen molar-refractivity contribution in [1.82, 2.24) is 0 Å². The number of nitrogens with one attached hydrogen (secondary N) is 1. The summed E-state index contributed by atoms with van der Waals surface area (Å²) in [5.74, 6) is 0.219. The van der Waals surface area contributed by atoms with Crippen molar-refractivity contribution in [2.45, 2.75) is 32.7 Å². The minimum Gasteiger partial charge on any atom is -0.373 e. The van der Waals surface area contributed by atoms with Crippen molar-refractivity contribution < 1.29 is 4.79 Å². The number of carbonyl (C=O) groups is 1. The van der Waals surface area contributed by atoms with Crippen molar-refractivity contribution in [3.8, 4) is 6.07 Å². The monoisotopic (exact) mass is 378 g/mol. The quantitative estimate of drug-likeness (QED) is 0.563. The number of nitrogens with zero attached hydrogens (tertiary/aromatic N) is 1. The highest BCUT2D eigenvalue weighted by molar-refractivity contribution is 6.12. The SMILES string of the molecule is CC1(C)CC(=O)C2=C(C1)c1c(ccc3ccccc13)N[C@H]2c1ccc(C#N)cc1. The Kier molecular flexibility index (Phi) is 3.86. The van der Waals surface area contributed by atoms with Crippen LogP contribution >= 0.6 is 0 Å². The van der Waals surface area contributed by atoms with Gasteiger partial charge in [0, 0.05) is 23.2 Å². The maximum atomic E-state index is 13.3. The van der Waals surface area contributed by atoms with Gasteiger partial charge in [-0.25, -0.2) is 0 Å². The molecule has 3 nitrogen and oxygen atoms in total. The lowest BCUT2D eigenvalue weighted by molar-refractivity contribution is -0.118. The molecule has 0 radical (unpaired) electrons. The van der Waals surface area contributed by atoms with Gasteiger partial charge in [0.1, 0.15) is 0 Å². The third-order valence-electron chi connectivity index (χ3n) is 6.11. The Morgan fingerprint density at radius 2 is 1.76 bits per heavy atom. The number of anilines is 1. The molecule has 1 aliphatic carbocycles. The average Bonchev–Trinajstić information content (AvgIpc) is 2.72. The molecule has 0 unspecified atom stereocenters. The molecule has 3 aromatic carbocycles. The van der Waals surface area contributed by atoms with Crippen LogP contribution in [0.3, 0.4) is 0 Å². The second kappa shape index (κ2) is 6.32. The first-order valence-corrected chi connectivity index (χ1v) is 10.0. The van der Waals surface area contributed by atoms with Gasteiger partial charge in [-0.15, -0.1) is 0 Å². The Hall–Kier alpha value is -3.38. The van der Waals surface area contributed by atoms with E-state index >= 15 is 0 Å². The summed E-state index contributed by atoms with van der Waals surface area (Å²) >= 11 is 0. The molecule has 0 spiro atoms. The number of hydrogen-bond donors (Lipinski definition) is 1. The van der Waals surface area contributed by atoms with E-state index in [0.717, 1.165) is 23.2 Å². The Labute approximate surface area is 170 Å². The highest BCUT2D eigenvalue weighted by Gasteiger charge is 2.40. The Morgan fingerprint density at radius 1 is 1.00 bits per heavy atom. The number of ketones is 1. The number of fused-ring (bicyclic) bond motifs is 4. The van der Waals surface area contributed by atoms with Crippen LogP contribution < -0.4 is 5.32 Å². The Morgan fingerprint density at radius 3 is 2.52 bits per heavy atom. The zero-order valence-electron chi connectivity index (χ0n) is 16.6. The van der Waals surface area contributed by atoms with Crippen LogP contribution in [0.4, 0.5) is 5.69 Å². The van der Waals surface area contributed by atoms with Gasteiger partial charge < -0.3 is 5.32 Å². The van der Waals surface area contributed by atoms with Crippen molar-refractivity contribution in [2.24, 2.45) is 5.41 Å². The highest BCUT2D eigenvalue weighted by Crippen LogP contribution is 2.51. The number of hydrogen-bond acceptors (Lipinski definition) is 3. The van der Waals surface area contributed by atoms with Gasteiger partial charge in [-0.05, 0) is 51.9 Å². The van der Waals surface area contributed by atoms with Crippen LogP contribution in [0.1, 0.15) is 49.4 Å². The van der Waals surface area contributed by atoms with Gasteiger partial charge in [0.2, 0.25) is 0 Å². The number of allylic oxidation sites excluding steroid dienone is 1. The van der Waals surface area contributed by atoms with E-state index in [1.165, 1.54) is 21.9 Å². The zero-order valence-corrected chi connectivity index (χ0v) is 16.6. The summed E-state index contributed by atoms with van der Waals surface area (Å²) in [7, 11) is 0. The van der Waals surface area contributed by atoms with Crippen LogP contribution in [0.5, 0.6) is 0 Å². The van der Waals surface area contributed by atoms with Crippen molar-refractivity contribution in [2.75, 3.05) is 5.32 Å². The standard InChI is InChI=1S/C26H22N2O/c1-26(2)13-20-23-19-6-4-3-5-17(19)11-12-21(23)28-25(24(20)22(29)14-26)18-9-7-16(15-27)8-10-18/h3-12,25,28H,13-14H2,1-2H3/t25-/m0/s1. The number of carbonyl (C=O) groups excluding carboxylic acids is 1. The fourth-order valence-corrected chi connectivity index (χ4v) is 4.84. The molecule has 3 heteroatoms. The van der Waals surface area contributed by atoms with Crippen LogP contribution in [0.25, 0.3) is 16.3 Å². The predicted molar refractivity (Wildman–Crippen MR) is 116 cm³/mol. The second-order valence-corrected chi connectivity index (χ2v) is 8.85. The van der Waals surface area contributed by atoms with Gasteiger partial charge in [0.25, 0.3) is 0 Å². The summed E-state index contributed by atoms with van der Waals surface area (Å²) < 4.78 is 0. The molecule has 0 saturated heterocycles. The lowest BCUT2D eigenvalue weighted by Gasteiger charge is -2.40. The summed E-state index contributed by atoms with van der Waals surface area (Å²) in [6.45, 7) is 4.36. The fraction of sp³-hybridized carbons (Fsp3) is 0.231. The van der Waals surface area contributed by atoms with Gasteiger partial charge in [-0.2, -0.15) is 5.26 Å².